The van der Waals surface area contributed by atoms with Gasteiger partial charge in [-0.25, -0.2) is 0 Å². The highest BCUT2D eigenvalue weighted by Gasteiger charge is 2.35. The molecule has 6 heteroatoms. The fourth-order valence-corrected chi connectivity index (χ4v) is 5.36. The number of likely N-dealkylation sites (tertiary alicyclic amines) is 1. The summed E-state index contributed by atoms with van der Waals surface area (Å²) in [6.45, 7) is 5.99. The van der Waals surface area contributed by atoms with Gasteiger partial charge in [0.1, 0.15) is 0 Å². The lowest BCUT2D eigenvalue weighted by Crippen LogP contribution is -2.50. The third kappa shape index (κ3) is 5.35. The number of thiophene rings is 1. The molecule has 1 N–H and O–H groups in total. The minimum absolute atomic E-state index is 0. The minimum atomic E-state index is 0. The summed E-state index contributed by atoms with van der Waals surface area (Å²) >= 11 is 1.92. The molecule has 1 aliphatic carbocycles. The molecule has 26 heavy (non-hydrogen) atoms. The van der Waals surface area contributed by atoms with Crippen molar-refractivity contribution < 1.29 is 4.74 Å². The molecule has 148 valence electrons. The second-order valence-corrected chi connectivity index (χ2v) is 8.31. The van der Waals surface area contributed by atoms with Crippen molar-refractivity contribution in [2.24, 2.45) is 4.99 Å². The first kappa shape index (κ1) is 22.0. The van der Waals surface area contributed by atoms with Crippen molar-refractivity contribution in [3.63, 3.8) is 0 Å². The molecule has 0 unspecified atom stereocenters. The van der Waals surface area contributed by atoms with E-state index in [0.717, 1.165) is 45.0 Å². The van der Waals surface area contributed by atoms with Crippen LogP contribution in [-0.4, -0.2) is 50.3 Å². The fourth-order valence-electron chi connectivity index (χ4n) is 4.37. The smallest absolute Gasteiger partial charge is 0.193 e. The molecular weight excluding hydrogens is 457 g/mol. The van der Waals surface area contributed by atoms with Crippen LogP contribution in [0.15, 0.2) is 22.5 Å². The molecule has 1 saturated carbocycles. The van der Waals surface area contributed by atoms with Crippen molar-refractivity contribution in [3.05, 3.63) is 22.4 Å². The first-order valence-corrected chi connectivity index (χ1v) is 10.8. The summed E-state index contributed by atoms with van der Waals surface area (Å²) in [5.74, 6) is 1.07. The lowest BCUT2D eigenvalue weighted by molar-refractivity contribution is 0.0263. The van der Waals surface area contributed by atoms with Crippen molar-refractivity contribution in [1.82, 2.24) is 10.2 Å². The zero-order chi connectivity index (χ0) is 17.5. The number of hydrogen-bond donors (Lipinski definition) is 1. The minimum Gasteiger partial charge on any atom is -0.378 e. The van der Waals surface area contributed by atoms with Crippen molar-refractivity contribution in [2.45, 2.75) is 63.4 Å². The van der Waals surface area contributed by atoms with Crippen LogP contribution in [0.4, 0.5) is 0 Å². The molecule has 0 radical (unpaired) electrons. The van der Waals surface area contributed by atoms with Crippen LogP contribution >= 0.6 is 35.3 Å². The monoisotopic (exact) mass is 491 g/mol. The second kappa shape index (κ2) is 10.9. The standard InChI is InChI=1S/C20H33N3OS.HI/c1-3-24-17-9-13-23(14-10-17)19(21-2)22-16-20(11-5-4-6-12-20)18-8-7-15-25-18;/h7-8,15,17H,3-6,9-14,16H2,1-2H3,(H,21,22);1H. The summed E-state index contributed by atoms with van der Waals surface area (Å²) < 4.78 is 5.78. The molecule has 2 heterocycles. The molecule has 1 aromatic heterocycles. The summed E-state index contributed by atoms with van der Waals surface area (Å²) in [5.41, 5.74) is 0.298. The van der Waals surface area contributed by atoms with E-state index >= 15 is 0 Å². The Balaban J connectivity index is 0.00000243. The Morgan fingerprint density at radius 2 is 2.04 bits per heavy atom. The van der Waals surface area contributed by atoms with Crippen LogP contribution in [0.1, 0.15) is 56.7 Å². The summed E-state index contributed by atoms with van der Waals surface area (Å²) in [5, 5.41) is 5.95. The predicted octanol–water partition coefficient (Wildman–Crippen LogP) is 4.64. The van der Waals surface area contributed by atoms with Gasteiger partial charge in [-0.1, -0.05) is 25.3 Å². The molecule has 3 rings (SSSR count). The maximum atomic E-state index is 5.78. The molecule has 1 saturated heterocycles. The van der Waals surface area contributed by atoms with Gasteiger partial charge in [-0.2, -0.15) is 0 Å². The Kier molecular flexibility index (Phi) is 9.17. The third-order valence-electron chi connectivity index (χ3n) is 5.80. The summed E-state index contributed by atoms with van der Waals surface area (Å²) in [6.07, 6.45) is 9.29. The second-order valence-electron chi connectivity index (χ2n) is 7.36. The van der Waals surface area contributed by atoms with Gasteiger partial charge in [-0.15, -0.1) is 35.3 Å². The zero-order valence-corrected chi connectivity index (χ0v) is 19.4. The number of hydrogen-bond acceptors (Lipinski definition) is 3. The molecule has 0 amide bonds. The predicted molar refractivity (Wildman–Crippen MR) is 122 cm³/mol. The van der Waals surface area contributed by atoms with Crippen molar-refractivity contribution in [1.29, 1.82) is 0 Å². The molecule has 2 fully saturated rings. The lowest BCUT2D eigenvalue weighted by Gasteiger charge is -2.39. The van der Waals surface area contributed by atoms with Crippen LogP contribution in [0, 0.1) is 0 Å². The highest BCUT2D eigenvalue weighted by molar-refractivity contribution is 14.0. The van der Waals surface area contributed by atoms with Crippen LogP contribution in [0.5, 0.6) is 0 Å². The largest absolute Gasteiger partial charge is 0.378 e. The average molecular weight is 491 g/mol. The number of ether oxygens (including phenoxy) is 1. The van der Waals surface area contributed by atoms with Crippen molar-refractivity contribution in [2.75, 3.05) is 33.3 Å². The molecule has 0 bridgehead atoms. The van der Waals surface area contributed by atoms with Gasteiger partial charge in [0.15, 0.2) is 5.96 Å². The van der Waals surface area contributed by atoms with Crippen LogP contribution < -0.4 is 5.32 Å². The highest BCUT2D eigenvalue weighted by atomic mass is 127. The Bertz CT molecular complexity index is 535. The van der Waals surface area contributed by atoms with Crippen molar-refractivity contribution in [3.8, 4) is 0 Å². The van der Waals surface area contributed by atoms with Crippen LogP contribution in [0.2, 0.25) is 0 Å². The molecule has 0 atom stereocenters. The van der Waals surface area contributed by atoms with E-state index < -0.39 is 0 Å². The van der Waals surface area contributed by atoms with Gasteiger partial charge in [0.25, 0.3) is 0 Å². The van der Waals surface area contributed by atoms with Crippen LogP contribution in [0.25, 0.3) is 0 Å². The number of halogens is 1. The number of piperidine rings is 1. The lowest BCUT2D eigenvalue weighted by atomic mass is 9.73. The molecule has 1 aromatic rings. The van der Waals surface area contributed by atoms with E-state index in [4.69, 9.17) is 4.74 Å². The fraction of sp³-hybridized carbons (Fsp3) is 0.750. The maximum absolute atomic E-state index is 5.78. The zero-order valence-electron chi connectivity index (χ0n) is 16.2. The van der Waals surface area contributed by atoms with E-state index in [2.05, 4.69) is 39.6 Å². The van der Waals surface area contributed by atoms with Gasteiger partial charge in [0.05, 0.1) is 6.10 Å². The van der Waals surface area contributed by atoms with E-state index in [1.165, 1.54) is 32.1 Å². The van der Waals surface area contributed by atoms with E-state index in [1.807, 2.05) is 18.4 Å². The van der Waals surface area contributed by atoms with E-state index in [9.17, 15) is 0 Å². The van der Waals surface area contributed by atoms with Gasteiger partial charge < -0.3 is 15.0 Å². The number of guanidine groups is 1. The molecule has 1 aliphatic heterocycles. The van der Waals surface area contributed by atoms with Gasteiger partial charge in [-0.3, -0.25) is 4.99 Å². The Hall–Kier alpha value is -0.340. The maximum Gasteiger partial charge on any atom is 0.193 e. The Morgan fingerprint density at radius 1 is 1.31 bits per heavy atom. The molecular formula is C20H34IN3OS. The molecule has 0 aromatic carbocycles. The molecule has 0 spiro atoms. The van der Waals surface area contributed by atoms with Gasteiger partial charge in [0, 0.05) is 43.6 Å². The Labute approximate surface area is 179 Å². The number of nitrogens with one attached hydrogen (secondary N) is 1. The average Bonchev–Trinajstić information content (AvgIpc) is 3.20. The van der Waals surface area contributed by atoms with Gasteiger partial charge >= 0.3 is 0 Å². The highest BCUT2D eigenvalue weighted by Crippen LogP contribution is 2.41. The van der Waals surface area contributed by atoms with Gasteiger partial charge in [-0.05, 0) is 44.1 Å². The van der Waals surface area contributed by atoms with Crippen molar-refractivity contribution >= 4 is 41.3 Å². The first-order valence-electron chi connectivity index (χ1n) is 9.88. The van der Waals surface area contributed by atoms with Crippen LogP contribution in [0.3, 0.4) is 0 Å². The van der Waals surface area contributed by atoms with E-state index in [1.54, 1.807) is 4.88 Å². The van der Waals surface area contributed by atoms with E-state index in [-0.39, 0.29) is 24.0 Å². The summed E-state index contributed by atoms with van der Waals surface area (Å²) in [4.78, 5) is 8.52. The SMILES string of the molecule is CCOC1CCN(C(=NC)NCC2(c3cccs3)CCCCC2)CC1.I. The topological polar surface area (TPSA) is 36.9 Å². The van der Waals surface area contributed by atoms with Crippen LogP contribution in [-0.2, 0) is 10.2 Å². The Morgan fingerprint density at radius 3 is 2.62 bits per heavy atom. The normalized spacial score (nSPS) is 21.3. The number of nitrogens with zero attached hydrogens (tertiary/aromatic N) is 2. The summed E-state index contributed by atoms with van der Waals surface area (Å²) in [6, 6.07) is 4.53. The quantitative estimate of drug-likeness (QED) is 0.370. The number of rotatable bonds is 5. The van der Waals surface area contributed by atoms with Gasteiger partial charge in [0.2, 0.25) is 0 Å². The third-order valence-corrected chi connectivity index (χ3v) is 6.91. The first-order chi connectivity index (χ1) is 12.3. The molecule has 4 nitrogen and oxygen atoms in total. The number of aliphatic imine (C=N–C) groups is 1. The van der Waals surface area contributed by atoms with E-state index in [0.29, 0.717) is 11.5 Å². The summed E-state index contributed by atoms with van der Waals surface area (Å²) in [7, 11) is 1.91. The molecule has 2 aliphatic rings.